The highest BCUT2D eigenvalue weighted by Crippen LogP contribution is 2.16. The van der Waals surface area contributed by atoms with Gasteiger partial charge in [0.15, 0.2) is 0 Å². The molecule has 4 nitrogen and oxygen atoms in total. The molecule has 1 amide bonds. The van der Waals surface area contributed by atoms with Crippen molar-refractivity contribution in [3.8, 4) is 0 Å². The summed E-state index contributed by atoms with van der Waals surface area (Å²) in [5.74, 6) is -0.109. The van der Waals surface area contributed by atoms with Crippen molar-refractivity contribution in [2.45, 2.75) is 6.04 Å². The Morgan fingerprint density at radius 2 is 1.81 bits per heavy atom. The average Bonchev–Trinajstić information content (AvgIpc) is 2.68. The van der Waals surface area contributed by atoms with E-state index in [0.717, 1.165) is 44.0 Å². The zero-order chi connectivity index (χ0) is 18.2. The summed E-state index contributed by atoms with van der Waals surface area (Å²) in [6.45, 7) is 4.03. The number of ether oxygens (including phenoxy) is 1. The van der Waals surface area contributed by atoms with Gasteiger partial charge in [0.2, 0.25) is 5.91 Å². The lowest BCUT2D eigenvalue weighted by Gasteiger charge is -2.31. The number of nitrogens with zero attached hydrogens (tertiary/aromatic N) is 1. The minimum atomic E-state index is -0.109. The molecule has 1 atom stereocenters. The molecular weight excluding hydrogens is 348 g/mol. The molecule has 0 bridgehead atoms. The molecule has 1 fully saturated rings. The first kappa shape index (κ1) is 18.6. The summed E-state index contributed by atoms with van der Waals surface area (Å²) < 4.78 is 5.41. The Bertz CT molecular complexity index is 725. The van der Waals surface area contributed by atoms with Crippen molar-refractivity contribution in [1.29, 1.82) is 0 Å². The predicted molar refractivity (Wildman–Crippen MR) is 105 cm³/mol. The molecule has 26 heavy (non-hydrogen) atoms. The van der Waals surface area contributed by atoms with Crippen LogP contribution in [0.4, 0.5) is 0 Å². The molecule has 3 rings (SSSR count). The molecule has 2 aromatic rings. The standard InChI is InChI=1S/C21H23ClN2O2/c22-19-9-6-17(7-10-19)8-11-21(25)23-20(18-4-2-1-3-5-18)16-24-12-14-26-15-13-24/h1-11,20H,12-16H2,(H,23,25). The van der Waals surface area contributed by atoms with Gasteiger partial charge in [-0.25, -0.2) is 0 Å². The van der Waals surface area contributed by atoms with Crippen LogP contribution in [0.15, 0.2) is 60.7 Å². The zero-order valence-corrected chi connectivity index (χ0v) is 15.4. The molecule has 136 valence electrons. The van der Waals surface area contributed by atoms with Crippen LogP contribution < -0.4 is 5.32 Å². The van der Waals surface area contributed by atoms with Gasteiger partial charge in [-0.15, -0.1) is 0 Å². The number of nitrogens with one attached hydrogen (secondary N) is 1. The zero-order valence-electron chi connectivity index (χ0n) is 14.6. The van der Waals surface area contributed by atoms with Gasteiger partial charge < -0.3 is 10.1 Å². The fraction of sp³-hybridized carbons (Fsp3) is 0.286. The molecule has 0 aliphatic carbocycles. The van der Waals surface area contributed by atoms with Crippen molar-refractivity contribution < 1.29 is 9.53 Å². The Kier molecular flexibility index (Phi) is 6.83. The van der Waals surface area contributed by atoms with Crippen molar-refractivity contribution >= 4 is 23.6 Å². The lowest BCUT2D eigenvalue weighted by Crippen LogP contribution is -2.42. The molecule has 5 heteroatoms. The van der Waals surface area contributed by atoms with Crippen LogP contribution in [0, 0.1) is 0 Å². The molecule has 1 aliphatic heterocycles. The average molecular weight is 371 g/mol. The highest BCUT2D eigenvalue weighted by molar-refractivity contribution is 6.30. The molecular formula is C21H23ClN2O2. The van der Waals surface area contributed by atoms with Gasteiger partial charge in [-0.05, 0) is 29.3 Å². The number of benzene rings is 2. The van der Waals surface area contributed by atoms with Crippen LogP contribution in [0.2, 0.25) is 5.02 Å². The van der Waals surface area contributed by atoms with E-state index in [-0.39, 0.29) is 11.9 Å². The third kappa shape index (κ3) is 5.70. The first-order valence-electron chi connectivity index (χ1n) is 8.80. The van der Waals surface area contributed by atoms with E-state index in [9.17, 15) is 4.79 Å². The lowest BCUT2D eigenvalue weighted by atomic mass is 10.1. The van der Waals surface area contributed by atoms with Gasteiger partial charge >= 0.3 is 0 Å². The van der Waals surface area contributed by atoms with Crippen LogP contribution in [0.1, 0.15) is 17.2 Å². The number of hydrogen-bond acceptors (Lipinski definition) is 3. The van der Waals surface area contributed by atoms with Crippen molar-refractivity contribution in [3.63, 3.8) is 0 Å². The van der Waals surface area contributed by atoms with E-state index in [1.54, 1.807) is 12.2 Å². The maximum Gasteiger partial charge on any atom is 0.244 e. The predicted octanol–water partition coefficient (Wildman–Crippen LogP) is 3.54. The molecule has 0 radical (unpaired) electrons. The smallest absolute Gasteiger partial charge is 0.244 e. The minimum Gasteiger partial charge on any atom is -0.379 e. The second-order valence-corrected chi connectivity index (χ2v) is 6.71. The third-order valence-electron chi connectivity index (χ3n) is 4.36. The number of carbonyl (C=O) groups excluding carboxylic acids is 1. The van der Waals surface area contributed by atoms with Crippen LogP contribution in [0.25, 0.3) is 6.08 Å². The molecule has 1 aliphatic rings. The Labute approximate surface area is 159 Å². The molecule has 1 saturated heterocycles. The van der Waals surface area contributed by atoms with Crippen LogP contribution in [-0.4, -0.2) is 43.7 Å². The van der Waals surface area contributed by atoms with Crippen molar-refractivity contribution in [3.05, 3.63) is 76.8 Å². The number of rotatable bonds is 6. The van der Waals surface area contributed by atoms with Crippen molar-refractivity contribution in [2.75, 3.05) is 32.8 Å². The fourth-order valence-corrected chi connectivity index (χ4v) is 3.05. The normalized spacial score (nSPS) is 16.5. The number of morpholine rings is 1. The van der Waals surface area contributed by atoms with E-state index in [1.165, 1.54) is 0 Å². The van der Waals surface area contributed by atoms with E-state index in [0.29, 0.717) is 5.02 Å². The fourth-order valence-electron chi connectivity index (χ4n) is 2.93. The second-order valence-electron chi connectivity index (χ2n) is 6.27. The van der Waals surface area contributed by atoms with Gasteiger partial charge in [-0.1, -0.05) is 54.1 Å². The molecule has 2 aromatic carbocycles. The number of halogens is 1. The molecule has 1 unspecified atom stereocenters. The highest BCUT2D eigenvalue weighted by atomic mass is 35.5. The molecule has 0 spiro atoms. The first-order valence-corrected chi connectivity index (χ1v) is 9.18. The van der Waals surface area contributed by atoms with Gasteiger partial charge in [0.25, 0.3) is 0 Å². The second kappa shape index (κ2) is 9.53. The summed E-state index contributed by atoms with van der Waals surface area (Å²) in [6, 6.07) is 17.4. The number of hydrogen-bond donors (Lipinski definition) is 1. The maximum absolute atomic E-state index is 12.4. The van der Waals surface area contributed by atoms with E-state index in [4.69, 9.17) is 16.3 Å². The molecule has 1 N–H and O–H groups in total. The third-order valence-corrected chi connectivity index (χ3v) is 4.61. The molecule has 0 saturated carbocycles. The summed E-state index contributed by atoms with van der Waals surface area (Å²) in [4.78, 5) is 14.8. The summed E-state index contributed by atoms with van der Waals surface area (Å²) in [5.41, 5.74) is 2.04. The Morgan fingerprint density at radius 3 is 2.50 bits per heavy atom. The Hall–Kier alpha value is -2.14. The van der Waals surface area contributed by atoms with E-state index in [1.807, 2.05) is 54.6 Å². The summed E-state index contributed by atoms with van der Waals surface area (Å²) >= 11 is 5.89. The molecule has 1 heterocycles. The van der Waals surface area contributed by atoms with Gasteiger partial charge in [-0.3, -0.25) is 9.69 Å². The van der Waals surface area contributed by atoms with Gasteiger partial charge in [0, 0.05) is 30.7 Å². The molecule has 0 aromatic heterocycles. The van der Waals surface area contributed by atoms with E-state index in [2.05, 4.69) is 10.2 Å². The summed E-state index contributed by atoms with van der Waals surface area (Å²) in [7, 11) is 0. The quantitative estimate of drug-likeness (QED) is 0.791. The topological polar surface area (TPSA) is 41.6 Å². The minimum absolute atomic E-state index is 0.0586. The van der Waals surface area contributed by atoms with Gasteiger partial charge in [0.05, 0.1) is 19.3 Å². The van der Waals surface area contributed by atoms with Crippen LogP contribution in [-0.2, 0) is 9.53 Å². The largest absolute Gasteiger partial charge is 0.379 e. The SMILES string of the molecule is O=C(C=Cc1ccc(Cl)cc1)NC(CN1CCOCC1)c1ccccc1. The van der Waals surface area contributed by atoms with Crippen molar-refractivity contribution in [1.82, 2.24) is 10.2 Å². The maximum atomic E-state index is 12.4. The lowest BCUT2D eigenvalue weighted by molar-refractivity contribution is -0.117. The van der Waals surface area contributed by atoms with Crippen LogP contribution >= 0.6 is 11.6 Å². The van der Waals surface area contributed by atoms with Crippen LogP contribution in [0.5, 0.6) is 0 Å². The van der Waals surface area contributed by atoms with E-state index < -0.39 is 0 Å². The first-order chi connectivity index (χ1) is 12.7. The number of carbonyl (C=O) groups is 1. The van der Waals surface area contributed by atoms with Crippen molar-refractivity contribution in [2.24, 2.45) is 0 Å². The summed E-state index contributed by atoms with van der Waals surface area (Å²) in [6.07, 6.45) is 3.36. The summed E-state index contributed by atoms with van der Waals surface area (Å²) in [5, 5.41) is 3.81. The monoisotopic (exact) mass is 370 g/mol. The highest BCUT2D eigenvalue weighted by Gasteiger charge is 2.19. The van der Waals surface area contributed by atoms with Crippen LogP contribution in [0.3, 0.4) is 0 Å². The Morgan fingerprint density at radius 1 is 1.12 bits per heavy atom. The van der Waals surface area contributed by atoms with Gasteiger partial charge in [-0.2, -0.15) is 0 Å². The Balaban J connectivity index is 1.66. The van der Waals surface area contributed by atoms with Gasteiger partial charge in [0.1, 0.15) is 0 Å². The van der Waals surface area contributed by atoms with E-state index >= 15 is 0 Å². The number of amides is 1.